The van der Waals surface area contributed by atoms with Gasteiger partial charge in [-0.25, -0.2) is 8.42 Å². The van der Waals surface area contributed by atoms with Crippen LogP contribution in [0.4, 0.5) is 0 Å². The predicted molar refractivity (Wildman–Crippen MR) is 137 cm³/mol. The summed E-state index contributed by atoms with van der Waals surface area (Å²) in [5, 5.41) is 26.9. The Hall–Kier alpha value is -3.78. The molecule has 0 spiro atoms. The van der Waals surface area contributed by atoms with E-state index in [2.05, 4.69) is 31.1 Å². The number of carbonyl (C=O) groups is 2. The molecule has 1 aliphatic rings. The molecule has 0 saturated heterocycles. The van der Waals surface area contributed by atoms with Crippen molar-refractivity contribution in [3.63, 3.8) is 0 Å². The third-order valence-corrected chi connectivity index (χ3v) is 7.22. The third-order valence-electron chi connectivity index (χ3n) is 5.74. The Morgan fingerprint density at radius 1 is 1.19 bits per heavy atom. The zero-order valence-electron chi connectivity index (χ0n) is 19.9. The van der Waals surface area contributed by atoms with Crippen molar-refractivity contribution in [2.75, 3.05) is 19.6 Å². The Morgan fingerprint density at radius 2 is 2.00 bits per heavy atom. The summed E-state index contributed by atoms with van der Waals surface area (Å²) in [6, 6.07) is 11.0. The minimum Gasteiger partial charge on any atom is -0.480 e. The van der Waals surface area contributed by atoms with Gasteiger partial charge in [-0.05, 0) is 43.0 Å². The van der Waals surface area contributed by atoms with Crippen LogP contribution in [-0.4, -0.2) is 67.1 Å². The lowest BCUT2D eigenvalue weighted by Gasteiger charge is -2.22. The molecule has 2 aromatic carbocycles. The molecule has 0 radical (unpaired) electrons. The number of carbonyl (C=O) groups excluding carboxylic acids is 1. The number of hydrogen-bond donors (Lipinski definition) is 6. The molecule has 0 saturated carbocycles. The van der Waals surface area contributed by atoms with E-state index in [1.54, 1.807) is 30.5 Å². The van der Waals surface area contributed by atoms with Gasteiger partial charge in [0.1, 0.15) is 12.3 Å². The molecular weight excluding hydrogens is 498 g/mol. The van der Waals surface area contributed by atoms with Crippen LogP contribution in [0.3, 0.4) is 0 Å². The topological polar surface area (TPSA) is 166 Å². The van der Waals surface area contributed by atoms with Crippen LogP contribution >= 0.6 is 0 Å². The van der Waals surface area contributed by atoms with Crippen LogP contribution in [0.2, 0.25) is 0 Å². The van der Waals surface area contributed by atoms with E-state index in [4.69, 9.17) is 0 Å². The average molecular weight is 528 g/mol. The first-order chi connectivity index (χ1) is 17.8. The maximum atomic E-state index is 12.7. The molecule has 0 fully saturated rings. The summed E-state index contributed by atoms with van der Waals surface area (Å²) in [5.41, 5.74) is 1.18. The number of hydrogen-bond acceptors (Lipinski definition) is 8. The van der Waals surface area contributed by atoms with Gasteiger partial charge in [-0.15, -0.1) is 0 Å². The van der Waals surface area contributed by atoms with Gasteiger partial charge in [-0.1, -0.05) is 24.3 Å². The number of carboxylic acid groups (broad SMARTS) is 1. The van der Waals surface area contributed by atoms with Crippen LogP contribution < -0.4 is 26.0 Å². The number of nitrogens with zero attached hydrogens (tertiary/aromatic N) is 2. The molecule has 2 atom stereocenters. The number of aromatic nitrogens is 2. The molecule has 37 heavy (non-hydrogen) atoms. The SMILES string of the molecule is O=C(NCC(NS(=O)(=O)c1ccccc1)C(=O)O)c1ccc2c(cnn2CCCNC2NC=CCN2)c1. The number of fused-ring (bicyclic) bond motifs is 1. The summed E-state index contributed by atoms with van der Waals surface area (Å²) < 4.78 is 28.9. The van der Waals surface area contributed by atoms with E-state index in [-0.39, 0.29) is 11.2 Å². The van der Waals surface area contributed by atoms with Gasteiger partial charge < -0.3 is 15.7 Å². The standard InChI is InChI=1S/C24H29N7O5S/c32-22(28-16-20(23(33)34)30-37(35,36)19-6-2-1-3-7-19)17-8-9-21-18(14-17)15-29-31(21)13-5-12-27-24-25-10-4-11-26-24/h1-4,6-10,14-15,20,24-27,30H,5,11-13,16H2,(H,28,32)(H,33,34). The average Bonchev–Trinajstić information content (AvgIpc) is 3.32. The molecule has 196 valence electrons. The first-order valence-corrected chi connectivity index (χ1v) is 13.2. The first-order valence-electron chi connectivity index (χ1n) is 11.8. The number of carboxylic acids is 1. The van der Waals surface area contributed by atoms with Crippen molar-refractivity contribution in [2.24, 2.45) is 0 Å². The molecule has 2 unspecified atom stereocenters. The fourth-order valence-electron chi connectivity index (χ4n) is 3.81. The van der Waals surface area contributed by atoms with Crippen LogP contribution in [0.1, 0.15) is 16.8 Å². The Kier molecular flexibility index (Phi) is 8.50. The van der Waals surface area contributed by atoms with Crippen molar-refractivity contribution >= 4 is 32.8 Å². The minimum absolute atomic E-state index is 0.0369. The molecular formula is C24H29N7O5S. The smallest absolute Gasteiger partial charge is 0.323 e. The van der Waals surface area contributed by atoms with Crippen LogP contribution in [-0.2, 0) is 21.4 Å². The maximum absolute atomic E-state index is 12.7. The second-order valence-corrected chi connectivity index (χ2v) is 10.1. The van der Waals surface area contributed by atoms with E-state index in [0.29, 0.717) is 12.1 Å². The van der Waals surface area contributed by atoms with Gasteiger partial charge in [0.25, 0.3) is 5.91 Å². The highest BCUT2D eigenvalue weighted by Crippen LogP contribution is 2.16. The van der Waals surface area contributed by atoms with Crippen molar-refractivity contribution in [1.82, 2.24) is 35.8 Å². The van der Waals surface area contributed by atoms with E-state index in [9.17, 15) is 23.1 Å². The molecule has 12 nitrogen and oxygen atoms in total. The summed E-state index contributed by atoms with van der Waals surface area (Å²) in [7, 11) is -4.07. The molecule has 0 aliphatic carbocycles. The lowest BCUT2D eigenvalue weighted by Crippen LogP contribution is -2.53. The minimum atomic E-state index is -4.07. The van der Waals surface area contributed by atoms with Crippen LogP contribution in [0.25, 0.3) is 10.9 Å². The summed E-state index contributed by atoms with van der Waals surface area (Å²) >= 11 is 0. The summed E-state index contributed by atoms with van der Waals surface area (Å²) in [6.45, 7) is 1.85. The zero-order chi connectivity index (χ0) is 26.3. The molecule has 6 N–H and O–H groups in total. The Morgan fingerprint density at radius 3 is 2.73 bits per heavy atom. The van der Waals surface area contributed by atoms with Crippen molar-refractivity contribution < 1.29 is 23.1 Å². The van der Waals surface area contributed by atoms with Crippen LogP contribution in [0.15, 0.2) is 71.9 Å². The van der Waals surface area contributed by atoms with Crippen LogP contribution in [0.5, 0.6) is 0 Å². The quantitative estimate of drug-likeness (QED) is 0.180. The van der Waals surface area contributed by atoms with E-state index >= 15 is 0 Å². The zero-order valence-corrected chi connectivity index (χ0v) is 20.7. The second-order valence-electron chi connectivity index (χ2n) is 8.39. The number of aryl methyl sites for hydroxylation is 1. The number of benzene rings is 2. The van der Waals surface area contributed by atoms with E-state index < -0.39 is 34.5 Å². The monoisotopic (exact) mass is 527 g/mol. The largest absolute Gasteiger partial charge is 0.480 e. The first kappa shape index (κ1) is 26.3. The number of rotatable bonds is 12. The van der Waals surface area contributed by atoms with Gasteiger partial charge in [0.2, 0.25) is 10.0 Å². The lowest BCUT2D eigenvalue weighted by atomic mass is 10.1. The normalized spacial score (nSPS) is 16.3. The summed E-state index contributed by atoms with van der Waals surface area (Å²) in [5.74, 6) is -1.93. The fraction of sp³-hybridized carbons (Fsp3) is 0.292. The van der Waals surface area contributed by atoms with E-state index in [1.165, 1.54) is 24.3 Å². The van der Waals surface area contributed by atoms with Crippen molar-refractivity contribution in [1.29, 1.82) is 0 Å². The predicted octanol–water partition coefficient (Wildman–Crippen LogP) is 0.168. The number of aliphatic carboxylic acids is 1. The van der Waals surface area contributed by atoms with Gasteiger partial charge in [-0.2, -0.15) is 9.82 Å². The molecule has 1 aliphatic heterocycles. The Bertz CT molecular complexity index is 1370. The molecule has 13 heteroatoms. The molecule has 3 aromatic rings. The second kappa shape index (κ2) is 12.0. The van der Waals surface area contributed by atoms with Crippen molar-refractivity contribution in [2.45, 2.75) is 30.2 Å². The molecule has 1 aromatic heterocycles. The number of amides is 1. The maximum Gasteiger partial charge on any atom is 0.323 e. The molecule has 0 bridgehead atoms. The fourth-order valence-corrected chi connectivity index (χ4v) is 5.02. The summed E-state index contributed by atoms with van der Waals surface area (Å²) in [6.07, 6.45) is 6.46. The van der Waals surface area contributed by atoms with Gasteiger partial charge in [-0.3, -0.25) is 24.9 Å². The van der Waals surface area contributed by atoms with Gasteiger partial charge in [0.15, 0.2) is 0 Å². The van der Waals surface area contributed by atoms with Crippen LogP contribution in [0, 0.1) is 0 Å². The number of nitrogens with one attached hydrogen (secondary N) is 5. The number of sulfonamides is 1. The lowest BCUT2D eigenvalue weighted by molar-refractivity contribution is -0.138. The summed E-state index contributed by atoms with van der Waals surface area (Å²) in [4.78, 5) is 24.3. The van der Waals surface area contributed by atoms with Gasteiger partial charge in [0.05, 0.1) is 16.6 Å². The van der Waals surface area contributed by atoms with Gasteiger partial charge in [0, 0.05) is 37.1 Å². The Labute approximate surface area is 214 Å². The molecule has 1 amide bonds. The van der Waals surface area contributed by atoms with Crippen molar-refractivity contribution in [3.8, 4) is 0 Å². The van der Waals surface area contributed by atoms with Gasteiger partial charge >= 0.3 is 5.97 Å². The highest BCUT2D eigenvalue weighted by atomic mass is 32.2. The third kappa shape index (κ3) is 6.92. The van der Waals surface area contributed by atoms with Crippen molar-refractivity contribution in [3.05, 3.63) is 72.6 Å². The van der Waals surface area contributed by atoms with E-state index in [1.807, 2.05) is 17.0 Å². The highest BCUT2D eigenvalue weighted by Gasteiger charge is 2.26. The van der Waals surface area contributed by atoms with E-state index in [0.717, 1.165) is 30.4 Å². The molecule has 2 heterocycles. The Balaban J connectivity index is 1.32. The molecule has 4 rings (SSSR count). The highest BCUT2D eigenvalue weighted by molar-refractivity contribution is 7.89.